The zero-order valence-electron chi connectivity index (χ0n) is 11.6. The van der Waals surface area contributed by atoms with E-state index in [2.05, 4.69) is 15.3 Å². The molecular weight excluding hydrogens is 266 g/mol. The second-order valence-electron chi connectivity index (χ2n) is 4.83. The first kappa shape index (κ1) is 13.3. The Morgan fingerprint density at radius 3 is 2.71 bits per heavy atom. The van der Waals surface area contributed by atoms with Crippen molar-refractivity contribution in [1.82, 2.24) is 4.98 Å². The van der Waals surface area contributed by atoms with Gasteiger partial charge in [0.25, 0.3) is 5.91 Å². The number of pyridine rings is 1. The molecule has 0 bridgehead atoms. The fraction of sp³-hybridized carbons (Fsp3) is 0.188. The van der Waals surface area contributed by atoms with Crippen LogP contribution in [0.4, 0.5) is 5.69 Å². The van der Waals surface area contributed by atoms with E-state index in [1.54, 1.807) is 24.5 Å². The van der Waals surface area contributed by atoms with Gasteiger partial charge in [0, 0.05) is 18.0 Å². The predicted octanol–water partition coefficient (Wildman–Crippen LogP) is 2.50. The Labute approximate surface area is 122 Å². The van der Waals surface area contributed by atoms with Gasteiger partial charge in [0.2, 0.25) is 5.90 Å². The minimum Gasteiger partial charge on any atom is -0.475 e. The summed E-state index contributed by atoms with van der Waals surface area (Å²) in [5.41, 5.74) is 2.04. The van der Waals surface area contributed by atoms with Crippen LogP contribution in [0.1, 0.15) is 22.8 Å². The van der Waals surface area contributed by atoms with Gasteiger partial charge in [-0.3, -0.25) is 9.78 Å². The van der Waals surface area contributed by atoms with Crippen molar-refractivity contribution >= 4 is 17.5 Å². The number of carbonyl (C=O) groups is 1. The van der Waals surface area contributed by atoms with Crippen molar-refractivity contribution in [3.8, 4) is 0 Å². The van der Waals surface area contributed by atoms with E-state index in [4.69, 9.17) is 4.74 Å². The third-order valence-corrected chi connectivity index (χ3v) is 3.15. The molecule has 1 atom stereocenters. The quantitative estimate of drug-likeness (QED) is 0.940. The number of benzene rings is 1. The number of anilines is 1. The third-order valence-electron chi connectivity index (χ3n) is 3.15. The lowest BCUT2D eigenvalue weighted by atomic mass is 10.1. The predicted molar refractivity (Wildman–Crippen MR) is 80.6 cm³/mol. The molecule has 1 aromatic carbocycles. The minimum atomic E-state index is -0.184. The molecule has 1 amide bonds. The topological polar surface area (TPSA) is 63.6 Å². The Kier molecular flexibility index (Phi) is 3.64. The van der Waals surface area contributed by atoms with Crippen molar-refractivity contribution < 1.29 is 9.53 Å². The van der Waals surface area contributed by atoms with Crippen LogP contribution < -0.4 is 5.32 Å². The number of nitrogens with one attached hydrogen (secondary N) is 1. The summed E-state index contributed by atoms with van der Waals surface area (Å²) in [5.74, 6) is 0.393. The second-order valence-corrected chi connectivity index (χ2v) is 4.83. The van der Waals surface area contributed by atoms with Crippen molar-refractivity contribution in [2.45, 2.75) is 13.0 Å². The molecule has 3 rings (SSSR count). The Bertz CT molecular complexity index is 683. The maximum absolute atomic E-state index is 12.2. The summed E-state index contributed by atoms with van der Waals surface area (Å²) in [5, 5.41) is 2.89. The number of para-hydroxylation sites is 1. The number of rotatable bonds is 3. The molecular formula is C16H15N3O2. The van der Waals surface area contributed by atoms with Crippen molar-refractivity contribution in [2.24, 2.45) is 4.99 Å². The first-order valence-electron chi connectivity index (χ1n) is 6.75. The van der Waals surface area contributed by atoms with Gasteiger partial charge in [0.15, 0.2) is 0 Å². The van der Waals surface area contributed by atoms with Gasteiger partial charge in [0.05, 0.1) is 17.3 Å². The summed E-state index contributed by atoms with van der Waals surface area (Å²) in [6, 6.07) is 11.0. The summed E-state index contributed by atoms with van der Waals surface area (Å²) in [4.78, 5) is 20.6. The molecule has 2 heterocycles. The number of hydrogen-bond donors (Lipinski definition) is 1. The maximum atomic E-state index is 12.2. The normalized spacial score (nSPS) is 17.0. The molecule has 1 N–H and O–H groups in total. The van der Waals surface area contributed by atoms with E-state index < -0.39 is 0 Å². The molecule has 1 aliphatic rings. The molecule has 0 aliphatic carbocycles. The molecule has 0 spiro atoms. The average Bonchev–Trinajstić information content (AvgIpc) is 2.95. The highest BCUT2D eigenvalue weighted by molar-refractivity contribution is 6.09. The largest absolute Gasteiger partial charge is 0.475 e. The number of amides is 1. The number of nitrogens with zero attached hydrogens (tertiary/aromatic N) is 2. The summed E-state index contributed by atoms with van der Waals surface area (Å²) in [7, 11) is 0. The van der Waals surface area contributed by atoms with Crippen LogP contribution in [0.3, 0.4) is 0 Å². The minimum absolute atomic E-state index is 0.143. The van der Waals surface area contributed by atoms with Crippen LogP contribution in [0, 0.1) is 0 Å². The smallest absolute Gasteiger partial charge is 0.255 e. The summed E-state index contributed by atoms with van der Waals surface area (Å²) >= 11 is 0. The lowest BCUT2D eigenvalue weighted by Crippen LogP contribution is -2.15. The first-order chi connectivity index (χ1) is 10.2. The number of aromatic nitrogens is 1. The highest BCUT2D eigenvalue weighted by atomic mass is 16.5. The molecule has 1 aliphatic heterocycles. The van der Waals surface area contributed by atoms with Crippen LogP contribution >= 0.6 is 0 Å². The molecule has 0 radical (unpaired) electrons. The molecule has 0 unspecified atom stereocenters. The lowest BCUT2D eigenvalue weighted by molar-refractivity contribution is 0.102. The van der Waals surface area contributed by atoms with E-state index in [9.17, 15) is 4.79 Å². The van der Waals surface area contributed by atoms with Crippen molar-refractivity contribution in [2.75, 3.05) is 11.9 Å². The lowest BCUT2D eigenvalue weighted by Gasteiger charge is -2.10. The van der Waals surface area contributed by atoms with Crippen molar-refractivity contribution in [3.63, 3.8) is 0 Å². The van der Waals surface area contributed by atoms with Crippen molar-refractivity contribution in [3.05, 3.63) is 59.9 Å². The van der Waals surface area contributed by atoms with E-state index in [0.717, 1.165) is 5.56 Å². The van der Waals surface area contributed by atoms with Gasteiger partial charge in [-0.2, -0.15) is 0 Å². The van der Waals surface area contributed by atoms with Gasteiger partial charge in [-0.1, -0.05) is 12.1 Å². The molecule has 0 saturated heterocycles. The van der Waals surface area contributed by atoms with Crippen LogP contribution in [-0.4, -0.2) is 29.4 Å². The highest BCUT2D eigenvalue weighted by Crippen LogP contribution is 2.21. The zero-order chi connectivity index (χ0) is 14.7. The monoisotopic (exact) mass is 281 g/mol. The Balaban J connectivity index is 1.86. The van der Waals surface area contributed by atoms with Gasteiger partial charge in [0.1, 0.15) is 6.61 Å². The SMILES string of the molecule is C[C@H]1COC(c2ccccc2NC(=O)c2ccncc2)=N1. The summed E-state index contributed by atoms with van der Waals surface area (Å²) < 4.78 is 5.57. The maximum Gasteiger partial charge on any atom is 0.255 e. The van der Waals surface area contributed by atoms with Crippen LogP contribution in [0.2, 0.25) is 0 Å². The molecule has 5 heteroatoms. The van der Waals surface area contributed by atoms with E-state index in [0.29, 0.717) is 23.8 Å². The van der Waals surface area contributed by atoms with Gasteiger partial charge in [-0.05, 0) is 31.2 Å². The standard InChI is InChI=1S/C16H15N3O2/c1-11-10-21-16(18-11)13-4-2-3-5-14(13)19-15(20)12-6-8-17-9-7-12/h2-9,11H,10H2,1H3,(H,19,20)/t11-/m0/s1. The van der Waals surface area contributed by atoms with Gasteiger partial charge in [-0.25, -0.2) is 4.99 Å². The highest BCUT2D eigenvalue weighted by Gasteiger charge is 2.19. The van der Waals surface area contributed by atoms with E-state index in [-0.39, 0.29) is 11.9 Å². The van der Waals surface area contributed by atoms with Gasteiger partial charge in [-0.15, -0.1) is 0 Å². The Hall–Kier alpha value is -2.69. The van der Waals surface area contributed by atoms with E-state index in [1.165, 1.54) is 0 Å². The van der Waals surface area contributed by atoms with Crippen molar-refractivity contribution in [1.29, 1.82) is 0 Å². The Morgan fingerprint density at radius 1 is 1.24 bits per heavy atom. The third kappa shape index (κ3) is 2.91. The van der Waals surface area contributed by atoms with Gasteiger partial charge < -0.3 is 10.1 Å². The molecule has 1 aromatic heterocycles. The van der Waals surface area contributed by atoms with Crippen LogP contribution in [0.15, 0.2) is 53.8 Å². The zero-order valence-corrected chi connectivity index (χ0v) is 11.6. The Morgan fingerprint density at radius 2 is 2.00 bits per heavy atom. The number of carbonyl (C=O) groups excluding carboxylic acids is 1. The van der Waals surface area contributed by atoms with Gasteiger partial charge >= 0.3 is 0 Å². The molecule has 0 saturated carbocycles. The molecule has 5 nitrogen and oxygen atoms in total. The van der Waals surface area contributed by atoms with E-state index >= 15 is 0 Å². The first-order valence-corrected chi connectivity index (χ1v) is 6.75. The molecule has 2 aromatic rings. The molecule has 21 heavy (non-hydrogen) atoms. The van der Waals surface area contributed by atoms with Crippen LogP contribution in [0.25, 0.3) is 0 Å². The number of hydrogen-bond acceptors (Lipinski definition) is 4. The second kappa shape index (κ2) is 5.75. The number of ether oxygens (including phenoxy) is 1. The van der Waals surface area contributed by atoms with Crippen LogP contribution in [-0.2, 0) is 4.74 Å². The summed E-state index contributed by atoms with van der Waals surface area (Å²) in [6.07, 6.45) is 3.18. The van der Waals surface area contributed by atoms with E-state index in [1.807, 2.05) is 31.2 Å². The molecule has 0 fully saturated rings. The fourth-order valence-electron chi connectivity index (χ4n) is 2.10. The summed E-state index contributed by atoms with van der Waals surface area (Å²) in [6.45, 7) is 2.56. The number of aliphatic imine (C=N–C) groups is 1. The molecule has 106 valence electrons. The average molecular weight is 281 g/mol. The van der Waals surface area contributed by atoms with Crippen LogP contribution in [0.5, 0.6) is 0 Å². The fourth-order valence-corrected chi connectivity index (χ4v) is 2.10.